The fourth-order valence-corrected chi connectivity index (χ4v) is 1.74. The Morgan fingerprint density at radius 3 is 2.52 bits per heavy atom. The molecule has 0 fully saturated rings. The van der Waals surface area contributed by atoms with Crippen LogP contribution in [0.15, 0.2) is 48.5 Å². The molecule has 0 N–H and O–H groups in total. The molecule has 0 aliphatic rings. The zero-order valence-electron chi connectivity index (χ0n) is 11.3. The molecule has 2 aromatic carbocycles. The number of esters is 1. The third-order valence-corrected chi connectivity index (χ3v) is 2.80. The highest BCUT2D eigenvalue weighted by Gasteiger charge is 2.07. The van der Waals surface area contributed by atoms with E-state index in [4.69, 9.17) is 4.74 Å². The molecule has 0 saturated heterocycles. The van der Waals surface area contributed by atoms with Gasteiger partial charge in [-0.05, 0) is 29.8 Å². The zero-order chi connectivity index (χ0) is 15.2. The van der Waals surface area contributed by atoms with Gasteiger partial charge >= 0.3 is 5.97 Å². The topological polar surface area (TPSA) is 78.7 Å². The molecule has 0 aromatic heterocycles. The SMILES string of the molecule is COC(=O)c1cccc(COc2ccc([N+](=O)[O-])cc2)c1. The maximum Gasteiger partial charge on any atom is 0.337 e. The van der Waals surface area contributed by atoms with Gasteiger partial charge in [0.2, 0.25) is 0 Å². The van der Waals surface area contributed by atoms with E-state index in [1.165, 1.54) is 31.4 Å². The summed E-state index contributed by atoms with van der Waals surface area (Å²) in [4.78, 5) is 21.5. The van der Waals surface area contributed by atoms with E-state index in [2.05, 4.69) is 4.74 Å². The van der Waals surface area contributed by atoms with Gasteiger partial charge in [-0.3, -0.25) is 10.1 Å². The molecule has 0 radical (unpaired) electrons. The third kappa shape index (κ3) is 3.79. The van der Waals surface area contributed by atoms with Gasteiger partial charge in [-0.15, -0.1) is 0 Å². The van der Waals surface area contributed by atoms with Crippen LogP contribution in [0.25, 0.3) is 0 Å². The third-order valence-electron chi connectivity index (χ3n) is 2.80. The minimum Gasteiger partial charge on any atom is -0.489 e. The lowest BCUT2D eigenvalue weighted by Gasteiger charge is -2.07. The van der Waals surface area contributed by atoms with Gasteiger partial charge in [-0.25, -0.2) is 4.79 Å². The van der Waals surface area contributed by atoms with Crippen LogP contribution in [-0.2, 0) is 11.3 Å². The van der Waals surface area contributed by atoms with E-state index in [-0.39, 0.29) is 12.3 Å². The van der Waals surface area contributed by atoms with Crippen LogP contribution in [0, 0.1) is 10.1 Å². The first-order valence-corrected chi connectivity index (χ1v) is 6.14. The fraction of sp³-hybridized carbons (Fsp3) is 0.133. The molecule has 0 bridgehead atoms. The average Bonchev–Trinajstić information content (AvgIpc) is 2.52. The number of ether oxygens (including phenoxy) is 2. The second-order valence-corrected chi connectivity index (χ2v) is 4.23. The Kier molecular flexibility index (Phi) is 4.50. The van der Waals surface area contributed by atoms with Crippen molar-refractivity contribution in [1.29, 1.82) is 0 Å². The fourth-order valence-electron chi connectivity index (χ4n) is 1.74. The molecule has 0 spiro atoms. The van der Waals surface area contributed by atoms with Crippen LogP contribution in [0.2, 0.25) is 0 Å². The van der Waals surface area contributed by atoms with Crippen molar-refractivity contribution in [2.24, 2.45) is 0 Å². The van der Waals surface area contributed by atoms with Crippen molar-refractivity contribution in [1.82, 2.24) is 0 Å². The molecule has 6 heteroatoms. The Bertz CT molecular complexity index is 651. The number of non-ortho nitro benzene ring substituents is 1. The maximum absolute atomic E-state index is 11.4. The van der Waals surface area contributed by atoms with Gasteiger partial charge in [0.25, 0.3) is 5.69 Å². The van der Waals surface area contributed by atoms with Crippen molar-refractivity contribution >= 4 is 11.7 Å². The molecule has 2 aromatic rings. The molecular formula is C15H13NO5. The van der Waals surface area contributed by atoms with E-state index in [1.54, 1.807) is 18.2 Å². The van der Waals surface area contributed by atoms with E-state index in [0.29, 0.717) is 11.3 Å². The van der Waals surface area contributed by atoms with Gasteiger partial charge in [0.15, 0.2) is 0 Å². The minimum absolute atomic E-state index is 0.00930. The average molecular weight is 287 g/mol. The number of methoxy groups -OCH3 is 1. The summed E-state index contributed by atoms with van der Waals surface area (Å²) in [6, 6.07) is 12.7. The van der Waals surface area contributed by atoms with E-state index in [0.717, 1.165) is 5.56 Å². The quantitative estimate of drug-likeness (QED) is 0.480. The molecule has 0 unspecified atom stereocenters. The van der Waals surface area contributed by atoms with Crippen LogP contribution in [0.3, 0.4) is 0 Å². The van der Waals surface area contributed by atoms with Gasteiger partial charge in [-0.1, -0.05) is 12.1 Å². The van der Waals surface area contributed by atoms with Gasteiger partial charge < -0.3 is 9.47 Å². The Morgan fingerprint density at radius 2 is 1.90 bits per heavy atom. The predicted molar refractivity (Wildman–Crippen MR) is 75.2 cm³/mol. The van der Waals surface area contributed by atoms with Gasteiger partial charge in [0.1, 0.15) is 12.4 Å². The van der Waals surface area contributed by atoms with Crippen molar-refractivity contribution in [3.05, 3.63) is 69.8 Å². The van der Waals surface area contributed by atoms with Crippen LogP contribution in [0.4, 0.5) is 5.69 Å². The summed E-state index contributed by atoms with van der Waals surface area (Å²) >= 11 is 0. The molecule has 0 atom stereocenters. The monoisotopic (exact) mass is 287 g/mol. The number of hydrogen-bond acceptors (Lipinski definition) is 5. The standard InChI is InChI=1S/C15H13NO5/c1-20-15(17)12-4-2-3-11(9-12)10-21-14-7-5-13(6-8-14)16(18)19/h2-9H,10H2,1H3. The number of nitro benzene ring substituents is 1. The second-order valence-electron chi connectivity index (χ2n) is 4.23. The first kappa shape index (κ1) is 14.5. The highest BCUT2D eigenvalue weighted by Crippen LogP contribution is 2.18. The summed E-state index contributed by atoms with van der Waals surface area (Å²) in [5, 5.41) is 10.5. The number of nitrogens with zero attached hydrogens (tertiary/aromatic N) is 1. The molecule has 2 rings (SSSR count). The smallest absolute Gasteiger partial charge is 0.337 e. The van der Waals surface area contributed by atoms with Crippen LogP contribution >= 0.6 is 0 Å². The Balaban J connectivity index is 2.02. The predicted octanol–water partition coefficient (Wildman–Crippen LogP) is 2.96. The molecule has 0 aliphatic heterocycles. The maximum atomic E-state index is 11.4. The van der Waals surface area contributed by atoms with Crippen LogP contribution in [-0.4, -0.2) is 18.0 Å². The minimum atomic E-state index is -0.469. The largest absolute Gasteiger partial charge is 0.489 e. The summed E-state index contributed by atoms with van der Waals surface area (Å²) in [7, 11) is 1.32. The highest BCUT2D eigenvalue weighted by atomic mass is 16.6. The molecule has 21 heavy (non-hydrogen) atoms. The number of hydrogen-bond donors (Lipinski definition) is 0. The summed E-state index contributed by atoms with van der Waals surface area (Å²) in [6.07, 6.45) is 0. The summed E-state index contributed by atoms with van der Waals surface area (Å²) in [5.74, 6) is 0.108. The lowest BCUT2D eigenvalue weighted by Crippen LogP contribution is -2.03. The molecule has 6 nitrogen and oxygen atoms in total. The first-order chi connectivity index (χ1) is 10.1. The normalized spacial score (nSPS) is 9.95. The Hall–Kier alpha value is -2.89. The first-order valence-electron chi connectivity index (χ1n) is 6.14. The molecule has 0 amide bonds. The van der Waals surface area contributed by atoms with Crippen LogP contribution in [0.1, 0.15) is 15.9 Å². The number of rotatable bonds is 5. The molecule has 108 valence electrons. The number of nitro groups is 1. The van der Waals surface area contributed by atoms with E-state index < -0.39 is 10.9 Å². The highest BCUT2D eigenvalue weighted by molar-refractivity contribution is 5.89. The van der Waals surface area contributed by atoms with Gasteiger partial charge in [-0.2, -0.15) is 0 Å². The number of carbonyl (C=O) groups excluding carboxylic acids is 1. The lowest BCUT2D eigenvalue weighted by molar-refractivity contribution is -0.384. The number of benzene rings is 2. The van der Waals surface area contributed by atoms with Crippen LogP contribution in [0.5, 0.6) is 5.75 Å². The molecule has 0 heterocycles. The van der Waals surface area contributed by atoms with Crippen molar-refractivity contribution < 1.29 is 19.2 Å². The summed E-state index contributed by atoms with van der Waals surface area (Å²) in [6.45, 7) is 0.253. The van der Waals surface area contributed by atoms with E-state index in [1.807, 2.05) is 6.07 Å². The number of carbonyl (C=O) groups is 1. The van der Waals surface area contributed by atoms with Crippen LogP contribution < -0.4 is 4.74 Å². The van der Waals surface area contributed by atoms with E-state index in [9.17, 15) is 14.9 Å². The van der Waals surface area contributed by atoms with Gasteiger partial charge in [0, 0.05) is 12.1 Å². The van der Waals surface area contributed by atoms with Gasteiger partial charge in [0.05, 0.1) is 17.6 Å². The molecular weight excluding hydrogens is 274 g/mol. The Morgan fingerprint density at radius 1 is 1.19 bits per heavy atom. The Labute approximate surface area is 121 Å². The zero-order valence-corrected chi connectivity index (χ0v) is 11.3. The van der Waals surface area contributed by atoms with Crippen molar-refractivity contribution in [2.45, 2.75) is 6.61 Å². The summed E-state index contributed by atoms with van der Waals surface area (Å²) in [5.41, 5.74) is 1.26. The van der Waals surface area contributed by atoms with Crippen molar-refractivity contribution in [3.8, 4) is 5.75 Å². The lowest BCUT2D eigenvalue weighted by atomic mass is 10.1. The van der Waals surface area contributed by atoms with Crippen molar-refractivity contribution in [3.63, 3.8) is 0 Å². The molecule has 0 aliphatic carbocycles. The summed E-state index contributed by atoms with van der Waals surface area (Å²) < 4.78 is 10.2. The van der Waals surface area contributed by atoms with E-state index >= 15 is 0 Å². The molecule has 0 saturated carbocycles. The van der Waals surface area contributed by atoms with Crippen molar-refractivity contribution in [2.75, 3.05) is 7.11 Å². The second kappa shape index (κ2) is 6.51.